The van der Waals surface area contributed by atoms with E-state index in [0.29, 0.717) is 29.7 Å². The Morgan fingerprint density at radius 3 is 2.54 bits per heavy atom. The summed E-state index contributed by atoms with van der Waals surface area (Å²) < 4.78 is 18.0. The van der Waals surface area contributed by atoms with Crippen molar-refractivity contribution in [3.63, 3.8) is 0 Å². The van der Waals surface area contributed by atoms with Crippen LogP contribution in [0.25, 0.3) is 0 Å². The molecule has 2 aromatic rings. The maximum absolute atomic E-state index is 14.2. The number of rotatable bonds is 8. The third kappa shape index (κ3) is 7.00. The van der Waals surface area contributed by atoms with Crippen LogP contribution in [0, 0.1) is 12.7 Å². The minimum Gasteiger partial charge on any atom is -0.471 e. The highest BCUT2D eigenvalue weighted by atomic mass is 19.1. The Morgan fingerprint density at radius 2 is 1.93 bits per heavy atom. The van der Waals surface area contributed by atoms with Gasteiger partial charge in [-0.15, -0.1) is 0 Å². The molecule has 0 amide bonds. The van der Waals surface area contributed by atoms with Gasteiger partial charge in [-0.3, -0.25) is 4.79 Å². The number of carbonyl (C=O) groups is 1. The third-order valence-electron chi connectivity index (χ3n) is 3.88. The maximum Gasteiger partial charge on any atom is 0.292 e. The molecule has 0 radical (unpaired) electrons. The van der Waals surface area contributed by atoms with Crippen LogP contribution in [-0.2, 0) is 27.4 Å². The highest BCUT2D eigenvalue weighted by Crippen LogP contribution is 2.20. The van der Waals surface area contributed by atoms with E-state index >= 15 is 0 Å². The zero-order chi connectivity index (χ0) is 20.9. The lowest BCUT2D eigenvalue weighted by Gasteiger charge is -2.09. The Bertz CT molecular complexity index is 794. The molecular formula is C21H27FN2O4. The number of nitrogens with zero attached hydrogens (tertiary/aromatic N) is 1. The van der Waals surface area contributed by atoms with Crippen molar-refractivity contribution in [3.05, 3.63) is 64.5 Å². The summed E-state index contributed by atoms with van der Waals surface area (Å²) in [4.78, 5) is 19.6. The SMILES string of the molecule is CCc1cccc(CO/N=C(\C)c2ccc(C)c(ONC)c2)c1F.COC=O. The van der Waals surface area contributed by atoms with Crippen molar-refractivity contribution in [1.82, 2.24) is 5.48 Å². The van der Waals surface area contributed by atoms with E-state index in [0.717, 1.165) is 16.9 Å². The van der Waals surface area contributed by atoms with Gasteiger partial charge in [0.25, 0.3) is 6.47 Å². The van der Waals surface area contributed by atoms with Crippen molar-refractivity contribution in [2.24, 2.45) is 5.16 Å². The van der Waals surface area contributed by atoms with Crippen molar-refractivity contribution in [1.29, 1.82) is 0 Å². The number of ether oxygens (including phenoxy) is 1. The summed E-state index contributed by atoms with van der Waals surface area (Å²) in [7, 11) is 3.02. The van der Waals surface area contributed by atoms with Gasteiger partial charge in [0.1, 0.15) is 12.4 Å². The van der Waals surface area contributed by atoms with E-state index in [1.165, 1.54) is 7.11 Å². The van der Waals surface area contributed by atoms with Crippen molar-refractivity contribution in [2.75, 3.05) is 14.2 Å². The molecule has 0 aliphatic rings. The highest BCUT2D eigenvalue weighted by molar-refractivity contribution is 5.98. The van der Waals surface area contributed by atoms with E-state index in [9.17, 15) is 4.39 Å². The van der Waals surface area contributed by atoms with Gasteiger partial charge in [-0.05, 0) is 37.5 Å². The molecule has 0 atom stereocenters. The van der Waals surface area contributed by atoms with Crippen LogP contribution in [0.2, 0.25) is 0 Å². The van der Waals surface area contributed by atoms with E-state index in [4.69, 9.17) is 14.5 Å². The molecule has 0 aliphatic carbocycles. The normalized spacial score (nSPS) is 10.6. The molecule has 0 fully saturated rings. The Morgan fingerprint density at radius 1 is 1.25 bits per heavy atom. The third-order valence-corrected chi connectivity index (χ3v) is 3.88. The zero-order valence-electron chi connectivity index (χ0n) is 16.9. The van der Waals surface area contributed by atoms with Crippen LogP contribution < -0.4 is 10.3 Å². The molecule has 0 heterocycles. The summed E-state index contributed by atoms with van der Waals surface area (Å²) in [6.07, 6.45) is 0.652. The van der Waals surface area contributed by atoms with Crippen LogP contribution in [0.4, 0.5) is 4.39 Å². The quantitative estimate of drug-likeness (QED) is 0.420. The monoisotopic (exact) mass is 390 g/mol. The van der Waals surface area contributed by atoms with Crippen LogP contribution in [-0.4, -0.2) is 26.3 Å². The van der Waals surface area contributed by atoms with Gasteiger partial charge in [-0.25, -0.2) is 4.39 Å². The number of benzene rings is 2. The van der Waals surface area contributed by atoms with Crippen LogP contribution in [0.3, 0.4) is 0 Å². The van der Waals surface area contributed by atoms with Crippen molar-refractivity contribution in [2.45, 2.75) is 33.8 Å². The van der Waals surface area contributed by atoms with Crippen LogP contribution >= 0.6 is 0 Å². The Labute approximate surface area is 165 Å². The molecular weight excluding hydrogens is 363 g/mol. The minimum atomic E-state index is -0.215. The molecule has 0 aliphatic heterocycles. The van der Waals surface area contributed by atoms with Crippen LogP contribution in [0.5, 0.6) is 5.75 Å². The van der Waals surface area contributed by atoms with Gasteiger partial charge < -0.3 is 14.4 Å². The number of hydroxylamine groups is 1. The first-order valence-corrected chi connectivity index (χ1v) is 8.82. The van der Waals surface area contributed by atoms with Crippen molar-refractivity contribution < 1.29 is 23.6 Å². The summed E-state index contributed by atoms with van der Waals surface area (Å²) in [5.74, 6) is 0.513. The molecule has 6 nitrogen and oxygen atoms in total. The topological polar surface area (TPSA) is 69.2 Å². The zero-order valence-corrected chi connectivity index (χ0v) is 16.9. The van der Waals surface area contributed by atoms with Crippen molar-refractivity contribution in [3.8, 4) is 5.75 Å². The summed E-state index contributed by atoms with van der Waals surface area (Å²) in [6, 6.07) is 11.1. The largest absolute Gasteiger partial charge is 0.471 e. The molecule has 2 aromatic carbocycles. The second-order valence-electron chi connectivity index (χ2n) is 5.81. The Kier molecular flexibility index (Phi) is 10.3. The van der Waals surface area contributed by atoms with Gasteiger partial charge in [0.2, 0.25) is 0 Å². The first-order valence-electron chi connectivity index (χ1n) is 8.82. The molecule has 7 heteroatoms. The summed E-state index contributed by atoms with van der Waals surface area (Å²) in [5.41, 5.74) is 6.45. The number of hydrogen-bond acceptors (Lipinski definition) is 6. The summed E-state index contributed by atoms with van der Waals surface area (Å²) >= 11 is 0. The number of halogens is 1. The molecule has 0 spiro atoms. The molecule has 0 unspecified atom stereocenters. The fourth-order valence-electron chi connectivity index (χ4n) is 2.31. The molecule has 0 bridgehead atoms. The average Bonchev–Trinajstić information content (AvgIpc) is 2.71. The second kappa shape index (κ2) is 12.5. The molecule has 0 aromatic heterocycles. The maximum atomic E-state index is 14.2. The van der Waals surface area contributed by atoms with Gasteiger partial charge in [0, 0.05) is 18.2 Å². The van der Waals surface area contributed by atoms with E-state index < -0.39 is 0 Å². The van der Waals surface area contributed by atoms with E-state index in [2.05, 4.69) is 15.4 Å². The molecule has 0 saturated heterocycles. The lowest BCUT2D eigenvalue weighted by Crippen LogP contribution is -2.12. The fourth-order valence-corrected chi connectivity index (χ4v) is 2.31. The van der Waals surface area contributed by atoms with Gasteiger partial charge >= 0.3 is 0 Å². The van der Waals surface area contributed by atoms with E-state index in [1.54, 1.807) is 19.2 Å². The Balaban J connectivity index is 0.000000892. The molecule has 152 valence electrons. The van der Waals surface area contributed by atoms with Gasteiger partial charge in [-0.2, -0.15) is 5.48 Å². The fraction of sp³-hybridized carbons (Fsp3) is 0.333. The summed E-state index contributed by atoms with van der Waals surface area (Å²) in [6.45, 7) is 6.20. The van der Waals surface area contributed by atoms with Crippen molar-refractivity contribution >= 4 is 12.2 Å². The predicted octanol–water partition coefficient (Wildman–Crippen LogP) is 3.94. The number of hydrogen-bond donors (Lipinski definition) is 1. The number of oxime groups is 1. The summed E-state index contributed by atoms with van der Waals surface area (Å²) in [5, 5.41) is 4.09. The lowest BCUT2D eigenvalue weighted by molar-refractivity contribution is -0.126. The number of aryl methyl sites for hydroxylation is 2. The molecule has 0 saturated carbocycles. The molecule has 28 heavy (non-hydrogen) atoms. The standard InChI is InChI=1S/C19H23FN2O2.C2H4O2/c1-5-15-7-6-8-17(19(15)20)12-23-22-14(3)16-10-9-13(2)18(11-16)24-21-4;1-4-2-3/h6-11,21H,5,12H2,1-4H3;2H,1H3/b22-14+;. The Hall–Kier alpha value is -2.93. The highest BCUT2D eigenvalue weighted by Gasteiger charge is 2.08. The second-order valence-corrected chi connectivity index (χ2v) is 5.81. The van der Waals surface area contributed by atoms with Gasteiger partial charge in [0.15, 0.2) is 5.75 Å². The number of carbonyl (C=O) groups excluding carboxylic acids is 1. The van der Waals surface area contributed by atoms with Crippen LogP contribution in [0.15, 0.2) is 41.6 Å². The first-order chi connectivity index (χ1) is 13.5. The average molecular weight is 390 g/mol. The predicted molar refractivity (Wildman–Crippen MR) is 107 cm³/mol. The van der Waals surface area contributed by atoms with Gasteiger partial charge in [0.05, 0.1) is 12.8 Å². The molecule has 2 rings (SSSR count). The number of nitrogens with one attached hydrogen (secondary N) is 1. The number of methoxy groups -OCH3 is 1. The van der Waals surface area contributed by atoms with Gasteiger partial charge in [-0.1, -0.05) is 42.4 Å². The minimum absolute atomic E-state index is 0.0999. The lowest BCUT2D eigenvalue weighted by atomic mass is 10.1. The van der Waals surface area contributed by atoms with E-state index in [1.807, 2.05) is 45.0 Å². The van der Waals surface area contributed by atoms with E-state index in [-0.39, 0.29) is 12.4 Å². The molecule has 1 N–H and O–H groups in total. The smallest absolute Gasteiger partial charge is 0.292 e. The first kappa shape index (κ1) is 23.1. The van der Waals surface area contributed by atoms with Crippen LogP contribution in [0.1, 0.15) is 36.1 Å².